The molecule has 1 atom stereocenters. The van der Waals surface area contributed by atoms with Gasteiger partial charge >= 0.3 is 0 Å². The van der Waals surface area contributed by atoms with Crippen molar-refractivity contribution in [2.24, 2.45) is 0 Å². The highest BCUT2D eigenvalue weighted by Gasteiger charge is 2.36. The second kappa shape index (κ2) is 5.44. The summed E-state index contributed by atoms with van der Waals surface area (Å²) in [5.41, 5.74) is 3.76. The van der Waals surface area contributed by atoms with Crippen LogP contribution in [-0.2, 0) is 28.8 Å². The molecule has 0 aromatic heterocycles. The lowest BCUT2D eigenvalue weighted by atomic mass is 9.77. The summed E-state index contributed by atoms with van der Waals surface area (Å²) < 4.78 is 5.23. The number of fused-ring (bicyclic) bond motifs is 3. The zero-order chi connectivity index (χ0) is 16.8. The Hall–Kier alpha value is -2.69. The fourth-order valence-electron chi connectivity index (χ4n) is 4.09. The van der Waals surface area contributed by atoms with Gasteiger partial charge in [-0.25, -0.2) is 0 Å². The highest BCUT2D eigenvalue weighted by atomic mass is 16.5. The summed E-state index contributed by atoms with van der Waals surface area (Å²) in [6.45, 7) is 0.311. The van der Waals surface area contributed by atoms with Crippen molar-refractivity contribution in [3.63, 3.8) is 0 Å². The number of phenols is 3. The van der Waals surface area contributed by atoms with E-state index in [1.807, 2.05) is 6.07 Å². The molecule has 0 radical (unpaired) electrons. The molecule has 3 N–H and O–H groups in total. The molecule has 2 aliphatic carbocycles. The highest BCUT2D eigenvalue weighted by molar-refractivity contribution is 5.66. The van der Waals surface area contributed by atoms with Crippen LogP contribution in [-0.4, -0.2) is 21.8 Å². The van der Waals surface area contributed by atoms with E-state index in [1.165, 1.54) is 6.07 Å². The maximum atomic E-state index is 11.0. The first-order valence-corrected chi connectivity index (χ1v) is 8.11. The van der Waals surface area contributed by atoms with Gasteiger partial charge in [0, 0.05) is 34.2 Å². The van der Waals surface area contributed by atoms with Gasteiger partial charge in [-0.05, 0) is 37.3 Å². The molecular formula is C19H18O5. The number of carbonyl (C=O) groups is 1. The van der Waals surface area contributed by atoms with E-state index in [1.54, 1.807) is 6.07 Å². The maximum absolute atomic E-state index is 11.0. The van der Waals surface area contributed by atoms with Crippen LogP contribution in [0, 0.1) is 0 Å². The summed E-state index contributed by atoms with van der Waals surface area (Å²) in [5.74, 6) is 0.283. The van der Waals surface area contributed by atoms with E-state index in [0.717, 1.165) is 36.0 Å². The van der Waals surface area contributed by atoms with E-state index in [4.69, 9.17) is 4.74 Å². The number of rotatable bonds is 2. The summed E-state index contributed by atoms with van der Waals surface area (Å²) in [6, 6.07) is 5.07. The SMILES string of the molecule is O=COC1c2c(O)cccc2Cc2c(O)c3c(c(O)c21)CCCC3. The number of ether oxygens (including phenoxy) is 1. The third-order valence-electron chi connectivity index (χ3n) is 5.16. The topological polar surface area (TPSA) is 87.0 Å². The molecule has 124 valence electrons. The number of hydrogen-bond acceptors (Lipinski definition) is 5. The van der Waals surface area contributed by atoms with Gasteiger partial charge in [0.05, 0.1) is 0 Å². The van der Waals surface area contributed by atoms with Crippen molar-refractivity contribution in [1.82, 2.24) is 0 Å². The minimum Gasteiger partial charge on any atom is -0.508 e. The smallest absolute Gasteiger partial charge is 0.294 e. The van der Waals surface area contributed by atoms with Crippen LogP contribution in [0.3, 0.4) is 0 Å². The molecule has 0 amide bonds. The Labute approximate surface area is 139 Å². The zero-order valence-electron chi connectivity index (χ0n) is 13.1. The Balaban J connectivity index is 2.01. The van der Waals surface area contributed by atoms with Gasteiger partial charge in [0.15, 0.2) is 6.10 Å². The predicted octanol–water partition coefficient (Wildman–Crippen LogP) is 2.85. The van der Waals surface area contributed by atoms with Crippen molar-refractivity contribution in [2.75, 3.05) is 0 Å². The van der Waals surface area contributed by atoms with Crippen LogP contribution in [0.2, 0.25) is 0 Å². The zero-order valence-corrected chi connectivity index (χ0v) is 13.1. The number of benzene rings is 2. The summed E-state index contributed by atoms with van der Waals surface area (Å²) >= 11 is 0. The second-order valence-corrected chi connectivity index (χ2v) is 6.39. The van der Waals surface area contributed by atoms with E-state index in [2.05, 4.69) is 0 Å². The highest BCUT2D eigenvalue weighted by Crippen LogP contribution is 2.51. The second-order valence-electron chi connectivity index (χ2n) is 6.39. The lowest BCUT2D eigenvalue weighted by molar-refractivity contribution is -0.132. The molecule has 0 saturated heterocycles. The molecule has 0 aliphatic heterocycles. The predicted molar refractivity (Wildman–Crippen MR) is 86.3 cm³/mol. The van der Waals surface area contributed by atoms with E-state index >= 15 is 0 Å². The lowest BCUT2D eigenvalue weighted by Crippen LogP contribution is -2.19. The molecule has 0 spiro atoms. The van der Waals surface area contributed by atoms with Gasteiger partial charge in [0.25, 0.3) is 6.47 Å². The van der Waals surface area contributed by atoms with E-state index in [0.29, 0.717) is 36.0 Å². The fourth-order valence-corrected chi connectivity index (χ4v) is 4.09. The normalized spacial score (nSPS) is 18.2. The van der Waals surface area contributed by atoms with Crippen LogP contribution in [0.1, 0.15) is 52.3 Å². The van der Waals surface area contributed by atoms with E-state index < -0.39 is 6.10 Å². The molecule has 0 bridgehead atoms. The van der Waals surface area contributed by atoms with Crippen molar-refractivity contribution in [3.05, 3.63) is 51.6 Å². The summed E-state index contributed by atoms with van der Waals surface area (Å²) in [5, 5.41) is 31.8. The number of hydrogen-bond donors (Lipinski definition) is 3. The molecule has 2 aromatic carbocycles. The quantitative estimate of drug-likeness (QED) is 0.583. The Morgan fingerprint density at radius 1 is 0.958 bits per heavy atom. The van der Waals surface area contributed by atoms with E-state index in [-0.39, 0.29) is 17.2 Å². The molecule has 0 fully saturated rings. The van der Waals surface area contributed by atoms with Crippen molar-refractivity contribution in [3.8, 4) is 17.2 Å². The van der Waals surface area contributed by atoms with Gasteiger partial charge in [-0.2, -0.15) is 0 Å². The average Bonchev–Trinajstić information content (AvgIpc) is 2.59. The fraction of sp³-hybridized carbons (Fsp3) is 0.316. The first-order chi connectivity index (χ1) is 11.6. The van der Waals surface area contributed by atoms with Crippen LogP contribution in [0.15, 0.2) is 18.2 Å². The molecule has 24 heavy (non-hydrogen) atoms. The molecule has 5 heteroatoms. The third-order valence-corrected chi connectivity index (χ3v) is 5.16. The number of aromatic hydroxyl groups is 3. The standard InChI is InChI=1S/C19H18O5/c20-9-24-19-15-10(4-3-7-14(15)21)8-13-16(19)18(23)12-6-2-1-5-11(12)17(13)22/h3-4,7,9,19,21-23H,1-2,5-6,8H2. The van der Waals surface area contributed by atoms with Gasteiger partial charge in [0.1, 0.15) is 17.2 Å². The van der Waals surface area contributed by atoms with Crippen LogP contribution in [0.25, 0.3) is 0 Å². The van der Waals surface area contributed by atoms with Crippen molar-refractivity contribution in [1.29, 1.82) is 0 Å². The van der Waals surface area contributed by atoms with Crippen molar-refractivity contribution in [2.45, 2.75) is 38.2 Å². The Morgan fingerprint density at radius 2 is 1.67 bits per heavy atom. The largest absolute Gasteiger partial charge is 0.508 e. The third kappa shape index (κ3) is 1.97. The van der Waals surface area contributed by atoms with Crippen LogP contribution in [0.4, 0.5) is 0 Å². The minimum absolute atomic E-state index is 0.0154. The lowest BCUT2D eigenvalue weighted by Gasteiger charge is -2.32. The first kappa shape index (κ1) is 14.9. The van der Waals surface area contributed by atoms with Gasteiger partial charge < -0.3 is 20.1 Å². The van der Waals surface area contributed by atoms with Gasteiger partial charge in [-0.3, -0.25) is 4.79 Å². The Bertz CT molecular complexity index is 840. The number of carbonyl (C=O) groups excluding carboxylic acids is 1. The van der Waals surface area contributed by atoms with Gasteiger partial charge in [-0.15, -0.1) is 0 Å². The monoisotopic (exact) mass is 326 g/mol. The minimum atomic E-state index is -0.916. The van der Waals surface area contributed by atoms with Crippen LogP contribution < -0.4 is 0 Å². The molecule has 5 nitrogen and oxygen atoms in total. The summed E-state index contributed by atoms with van der Waals surface area (Å²) in [7, 11) is 0. The molecule has 4 rings (SSSR count). The number of phenolic OH excluding ortho intramolecular Hbond substituents is 3. The van der Waals surface area contributed by atoms with E-state index in [9.17, 15) is 20.1 Å². The summed E-state index contributed by atoms with van der Waals surface area (Å²) in [6.07, 6.45) is 2.80. The average molecular weight is 326 g/mol. The summed E-state index contributed by atoms with van der Waals surface area (Å²) in [4.78, 5) is 11.0. The Kier molecular flexibility index (Phi) is 3.37. The molecule has 1 unspecified atom stereocenters. The first-order valence-electron chi connectivity index (χ1n) is 8.11. The van der Waals surface area contributed by atoms with Crippen molar-refractivity contribution >= 4 is 6.47 Å². The molecular weight excluding hydrogens is 308 g/mol. The molecule has 0 saturated carbocycles. The van der Waals surface area contributed by atoms with Crippen LogP contribution in [0.5, 0.6) is 17.2 Å². The Morgan fingerprint density at radius 3 is 2.38 bits per heavy atom. The van der Waals surface area contributed by atoms with Gasteiger partial charge in [-0.1, -0.05) is 12.1 Å². The molecule has 0 heterocycles. The molecule has 2 aromatic rings. The van der Waals surface area contributed by atoms with Gasteiger partial charge in [0.2, 0.25) is 0 Å². The maximum Gasteiger partial charge on any atom is 0.294 e. The van der Waals surface area contributed by atoms with Crippen LogP contribution >= 0.6 is 0 Å². The molecule has 2 aliphatic rings. The van der Waals surface area contributed by atoms with Crippen molar-refractivity contribution < 1.29 is 24.9 Å².